The molecule has 0 aliphatic carbocycles. The van der Waals surface area contributed by atoms with Gasteiger partial charge < -0.3 is 5.73 Å². The van der Waals surface area contributed by atoms with Gasteiger partial charge in [0.05, 0.1) is 6.20 Å². The summed E-state index contributed by atoms with van der Waals surface area (Å²) >= 11 is 3.58. The molecule has 0 radical (unpaired) electrons. The van der Waals surface area contributed by atoms with E-state index in [9.17, 15) is 0 Å². The van der Waals surface area contributed by atoms with Crippen LogP contribution in [0.1, 0.15) is 28.3 Å². The van der Waals surface area contributed by atoms with Crippen molar-refractivity contribution in [1.82, 2.24) is 9.78 Å². The van der Waals surface area contributed by atoms with Crippen LogP contribution in [0.5, 0.6) is 0 Å². The van der Waals surface area contributed by atoms with Gasteiger partial charge >= 0.3 is 0 Å². The third-order valence-electron chi connectivity index (χ3n) is 3.10. The molecule has 96 valence electrons. The second-order valence-corrected chi connectivity index (χ2v) is 5.59. The molecule has 0 fully saturated rings. The van der Waals surface area contributed by atoms with Crippen LogP contribution in [0.4, 0.5) is 0 Å². The number of aromatic nitrogens is 2. The summed E-state index contributed by atoms with van der Waals surface area (Å²) in [5, 5.41) is 4.17. The van der Waals surface area contributed by atoms with E-state index in [1.54, 1.807) is 4.68 Å². The van der Waals surface area contributed by atoms with E-state index in [1.165, 1.54) is 26.7 Å². The number of benzene rings is 1. The summed E-state index contributed by atoms with van der Waals surface area (Å²) in [5.41, 5.74) is 11.1. The van der Waals surface area contributed by atoms with Crippen LogP contribution < -0.4 is 5.73 Å². The highest BCUT2D eigenvalue weighted by atomic mass is 79.9. The monoisotopic (exact) mass is 307 g/mol. The fourth-order valence-corrected chi connectivity index (χ4v) is 2.37. The Kier molecular flexibility index (Phi) is 3.88. The smallest absolute Gasteiger partial charge is 0.0522 e. The maximum Gasteiger partial charge on any atom is 0.0522 e. The Hall–Kier alpha value is -1.13. The average molecular weight is 308 g/mol. The number of hydrogen-bond acceptors (Lipinski definition) is 2. The first-order valence-corrected chi connectivity index (χ1v) is 6.76. The molecule has 0 spiro atoms. The van der Waals surface area contributed by atoms with Gasteiger partial charge in [-0.3, -0.25) is 4.68 Å². The zero-order valence-corrected chi connectivity index (χ0v) is 12.5. The van der Waals surface area contributed by atoms with E-state index < -0.39 is 0 Å². The molecule has 0 bridgehead atoms. The molecule has 0 saturated heterocycles. The highest BCUT2D eigenvalue weighted by Gasteiger charge is 2.11. The second-order valence-electron chi connectivity index (χ2n) is 4.80. The summed E-state index contributed by atoms with van der Waals surface area (Å²) in [6, 6.07) is 4.32. The van der Waals surface area contributed by atoms with Crippen LogP contribution in [0.15, 0.2) is 29.0 Å². The minimum Gasteiger partial charge on any atom is -0.324 e. The number of halogens is 1. The molecule has 1 heterocycles. The lowest BCUT2D eigenvalue weighted by molar-refractivity contribution is 0.717. The van der Waals surface area contributed by atoms with Crippen molar-refractivity contribution in [2.45, 2.75) is 26.3 Å². The third-order valence-corrected chi connectivity index (χ3v) is 4.35. The zero-order valence-electron chi connectivity index (χ0n) is 10.9. The van der Waals surface area contributed by atoms with Crippen molar-refractivity contribution in [1.29, 1.82) is 0 Å². The lowest BCUT2D eigenvalue weighted by atomic mass is 9.98. The van der Waals surface area contributed by atoms with Gasteiger partial charge in [-0.15, -0.1) is 0 Å². The van der Waals surface area contributed by atoms with Gasteiger partial charge in [-0.1, -0.05) is 28.1 Å². The van der Waals surface area contributed by atoms with E-state index >= 15 is 0 Å². The molecule has 0 aliphatic heterocycles. The molecule has 18 heavy (non-hydrogen) atoms. The molecule has 2 rings (SSSR count). The van der Waals surface area contributed by atoms with Crippen molar-refractivity contribution < 1.29 is 0 Å². The van der Waals surface area contributed by atoms with Crippen LogP contribution >= 0.6 is 15.9 Å². The molecule has 0 amide bonds. The highest BCUT2D eigenvalue weighted by molar-refractivity contribution is 9.10. The van der Waals surface area contributed by atoms with Crippen molar-refractivity contribution in [3.05, 3.63) is 51.3 Å². The van der Waals surface area contributed by atoms with Gasteiger partial charge in [0.1, 0.15) is 0 Å². The standard InChI is InChI=1S/C14H18BrN3/c1-9-4-12(5-10(2)14(9)15)13(16)6-11-7-17-18(3)8-11/h4-5,7-8,13H,6,16H2,1-3H3. The lowest BCUT2D eigenvalue weighted by Crippen LogP contribution is -2.13. The van der Waals surface area contributed by atoms with Crippen LogP contribution in [0.25, 0.3) is 0 Å². The first kappa shape index (κ1) is 13.3. The predicted molar refractivity (Wildman–Crippen MR) is 77.5 cm³/mol. The van der Waals surface area contributed by atoms with Gasteiger partial charge in [0, 0.05) is 23.8 Å². The molecule has 2 N–H and O–H groups in total. The van der Waals surface area contributed by atoms with Crippen LogP contribution in [0, 0.1) is 13.8 Å². The molecule has 1 atom stereocenters. The number of nitrogens with zero attached hydrogens (tertiary/aromatic N) is 2. The molecular formula is C14H18BrN3. The topological polar surface area (TPSA) is 43.8 Å². The summed E-state index contributed by atoms with van der Waals surface area (Å²) in [7, 11) is 1.92. The van der Waals surface area contributed by atoms with E-state index in [0.717, 1.165) is 6.42 Å². The minimum absolute atomic E-state index is 0.0136. The van der Waals surface area contributed by atoms with E-state index in [-0.39, 0.29) is 6.04 Å². The van der Waals surface area contributed by atoms with Gasteiger partial charge in [-0.2, -0.15) is 5.10 Å². The highest BCUT2D eigenvalue weighted by Crippen LogP contribution is 2.26. The summed E-state index contributed by atoms with van der Waals surface area (Å²) in [5.74, 6) is 0. The number of nitrogens with two attached hydrogens (primary N) is 1. The first-order chi connectivity index (χ1) is 8.47. The van der Waals surface area contributed by atoms with Gasteiger partial charge in [0.15, 0.2) is 0 Å². The minimum atomic E-state index is 0.0136. The van der Waals surface area contributed by atoms with E-state index in [1.807, 2.05) is 19.4 Å². The van der Waals surface area contributed by atoms with Crippen LogP contribution in [0.3, 0.4) is 0 Å². The largest absolute Gasteiger partial charge is 0.324 e. The summed E-state index contributed by atoms with van der Waals surface area (Å²) in [6.45, 7) is 4.19. The van der Waals surface area contributed by atoms with Crippen molar-refractivity contribution in [2.24, 2.45) is 12.8 Å². The Labute approximate surface area is 116 Å². The van der Waals surface area contributed by atoms with Crippen molar-refractivity contribution in [2.75, 3.05) is 0 Å². The quantitative estimate of drug-likeness (QED) is 0.947. The second kappa shape index (κ2) is 5.24. The Morgan fingerprint density at radius 1 is 1.33 bits per heavy atom. The van der Waals surface area contributed by atoms with Gasteiger partial charge in [0.25, 0.3) is 0 Å². The Bertz CT molecular complexity index is 537. The number of hydrogen-bond donors (Lipinski definition) is 1. The third kappa shape index (κ3) is 2.82. The number of aryl methyl sites for hydroxylation is 3. The Balaban J connectivity index is 2.21. The van der Waals surface area contributed by atoms with Crippen LogP contribution in [-0.4, -0.2) is 9.78 Å². The maximum absolute atomic E-state index is 6.27. The zero-order chi connectivity index (χ0) is 13.3. The Morgan fingerprint density at radius 2 is 1.94 bits per heavy atom. The van der Waals surface area contributed by atoms with Crippen LogP contribution in [0.2, 0.25) is 0 Å². The summed E-state index contributed by atoms with van der Waals surface area (Å²) in [4.78, 5) is 0. The van der Waals surface area contributed by atoms with Gasteiger partial charge in [-0.05, 0) is 42.5 Å². The van der Waals surface area contributed by atoms with Gasteiger partial charge in [0.2, 0.25) is 0 Å². The fourth-order valence-electron chi connectivity index (χ4n) is 2.14. The normalized spacial score (nSPS) is 12.7. The maximum atomic E-state index is 6.27. The molecule has 0 saturated carbocycles. The molecule has 1 aromatic carbocycles. The molecular weight excluding hydrogens is 290 g/mol. The SMILES string of the molecule is Cc1cc(C(N)Cc2cnn(C)c2)cc(C)c1Br. The van der Waals surface area contributed by atoms with E-state index in [4.69, 9.17) is 5.73 Å². The molecule has 0 aliphatic rings. The molecule has 4 heteroatoms. The molecule has 1 unspecified atom stereocenters. The average Bonchev–Trinajstić information content (AvgIpc) is 2.71. The molecule has 3 nitrogen and oxygen atoms in total. The predicted octanol–water partition coefficient (Wildman–Crippen LogP) is 3.04. The fraction of sp³-hybridized carbons (Fsp3) is 0.357. The van der Waals surface area contributed by atoms with Crippen molar-refractivity contribution in [3.63, 3.8) is 0 Å². The van der Waals surface area contributed by atoms with E-state index in [0.29, 0.717) is 0 Å². The molecule has 2 aromatic rings. The first-order valence-electron chi connectivity index (χ1n) is 5.97. The summed E-state index contributed by atoms with van der Waals surface area (Å²) < 4.78 is 2.97. The van der Waals surface area contributed by atoms with E-state index in [2.05, 4.69) is 47.0 Å². The van der Waals surface area contributed by atoms with Crippen molar-refractivity contribution >= 4 is 15.9 Å². The lowest BCUT2D eigenvalue weighted by Gasteiger charge is -2.14. The summed E-state index contributed by atoms with van der Waals surface area (Å²) in [6.07, 6.45) is 4.70. The number of rotatable bonds is 3. The molecule has 1 aromatic heterocycles. The Morgan fingerprint density at radius 3 is 2.44 bits per heavy atom. The van der Waals surface area contributed by atoms with Gasteiger partial charge in [-0.25, -0.2) is 0 Å². The van der Waals surface area contributed by atoms with Crippen molar-refractivity contribution in [3.8, 4) is 0 Å². The van der Waals surface area contributed by atoms with Crippen LogP contribution in [-0.2, 0) is 13.5 Å².